The van der Waals surface area contributed by atoms with E-state index in [9.17, 15) is 0 Å². The summed E-state index contributed by atoms with van der Waals surface area (Å²) >= 11 is 0. The van der Waals surface area contributed by atoms with Gasteiger partial charge in [0.1, 0.15) is 0 Å². The first-order valence-electron chi connectivity index (χ1n) is 3.69. The number of rotatable bonds is 2. The molecule has 0 bridgehead atoms. The molecule has 1 saturated heterocycles. The van der Waals surface area contributed by atoms with Gasteiger partial charge in [-0.2, -0.15) is 0 Å². The Bertz CT molecular complexity index is 94.4. The van der Waals surface area contributed by atoms with Crippen molar-refractivity contribution in [2.45, 2.75) is 25.0 Å². The van der Waals surface area contributed by atoms with E-state index in [1.54, 1.807) is 7.11 Å². The Morgan fingerprint density at radius 3 is 2.73 bits per heavy atom. The minimum absolute atomic E-state index is 0. The van der Waals surface area contributed by atoms with E-state index in [0.717, 1.165) is 12.8 Å². The SMILES string of the molecule is COCC1CCC(N)CO1.Cl. The molecule has 0 aromatic carbocycles. The Morgan fingerprint density at radius 1 is 1.55 bits per heavy atom. The summed E-state index contributed by atoms with van der Waals surface area (Å²) in [7, 11) is 1.69. The summed E-state index contributed by atoms with van der Waals surface area (Å²) in [6.07, 6.45) is 2.38. The number of halogens is 1. The first kappa shape index (κ1) is 11.2. The molecule has 68 valence electrons. The molecule has 0 spiro atoms. The highest BCUT2D eigenvalue weighted by molar-refractivity contribution is 5.85. The van der Waals surface area contributed by atoms with Gasteiger partial charge in [-0.15, -0.1) is 12.4 Å². The molecule has 1 heterocycles. The largest absolute Gasteiger partial charge is 0.382 e. The van der Waals surface area contributed by atoms with Crippen LogP contribution in [-0.4, -0.2) is 32.5 Å². The van der Waals surface area contributed by atoms with Gasteiger partial charge in [0, 0.05) is 13.2 Å². The first-order valence-corrected chi connectivity index (χ1v) is 3.69. The lowest BCUT2D eigenvalue weighted by atomic mass is 10.1. The van der Waals surface area contributed by atoms with Crippen LogP contribution in [-0.2, 0) is 9.47 Å². The Morgan fingerprint density at radius 2 is 2.27 bits per heavy atom. The minimum Gasteiger partial charge on any atom is -0.382 e. The molecular formula is C7H16ClNO2. The van der Waals surface area contributed by atoms with E-state index in [1.807, 2.05) is 0 Å². The van der Waals surface area contributed by atoms with Crippen molar-refractivity contribution in [1.82, 2.24) is 0 Å². The summed E-state index contributed by atoms with van der Waals surface area (Å²) in [6.45, 7) is 1.39. The molecule has 0 radical (unpaired) electrons. The van der Waals surface area contributed by atoms with Crippen LogP contribution in [0.3, 0.4) is 0 Å². The Labute approximate surface area is 73.6 Å². The van der Waals surface area contributed by atoms with Crippen LogP contribution in [0.5, 0.6) is 0 Å². The lowest BCUT2D eigenvalue weighted by Gasteiger charge is -2.25. The van der Waals surface area contributed by atoms with Gasteiger partial charge in [0.25, 0.3) is 0 Å². The minimum atomic E-state index is 0. The standard InChI is InChI=1S/C7H15NO2.ClH/c1-9-5-7-3-2-6(8)4-10-7;/h6-7H,2-5,8H2,1H3;1H. The number of nitrogens with two attached hydrogens (primary N) is 1. The van der Waals surface area contributed by atoms with Crippen LogP contribution in [0.4, 0.5) is 0 Å². The third-order valence-electron chi connectivity index (χ3n) is 1.76. The first-order chi connectivity index (χ1) is 4.83. The fourth-order valence-corrected chi connectivity index (χ4v) is 1.14. The number of ether oxygens (including phenoxy) is 2. The Hall–Kier alpha value is 0.170. The molecule has 2 atom stereocenters. The van der Waals surface area contributed by atoms with Gasteiger partial charge in [-0.25, -0.2) is 0 Å². The fraction of sp³-hybridized carbons (Fsp3) is 1.00. The summed E-state index contributed by atoms with van der Waals surface area (Å²) in [5.74, 6) is 0. The van der Waals surface area contributed by atoms with E-state index >= 15 is 0 Å². The topological polar surface area (TPSA) is 44.5 Å². The van der Waals surface area contributed by atoms with Gasteiger partial charge < -0.3 is 15.2 Å². The van der Waals surface area contributed by atoms with Crippen molar-refractivity contribution in [1.29, 1.82) is 0 Å². The molecule has 2 unspecified atom stereocenters. The van der Waals surface area contributed by atoms with Crippen LogP contribution >= 0.6 is 12.4 Å². The lowest BCUT2D eigenvalue weighted by Crippen LogP contribution is -2.37. The Kier molecular flexibility index (Phi) is 5.86. The molecule has 1 fully saturated rings. The normalized spacial score (nSPS) is 31.1. The van der Waals surface area contributed by atoms with E-state index in [-0.39, 0.29) is 24.6 Å². The lowest BCUT2D eigenvalue weighted by molar-refractivity contribution is -0.0363. The molecular weight excluding hydrogens is 166 g/mol. The van der Waals surface area contributed by atoms with Crippen molar-refractivity contribution < 1.29 is 9.47 Å². The number of methoxy groups -OCH3 is 1. The third-order valence-corrected chi connectivity index (χ3v) is 1.76. The van der Waals surface area contributed by atoms with Crippen LogP contribution in [0.2, 0.25) is 0 Å². The molecule has 4 heteroatoms. The van der Waals surface area contributed by atoms with Crippen molar-refractivity contribution in [2.75, 3.05) is 20.3 Å². The van der Waals surface area contributed by atoms with Crippen molar-refractivity contribution in [2.24, 2.45) is 5.73 Å². The highest BCUT2D eigenvalue weighted by Crippen LogP contribution is 2.11. The maximum atomic E-state index is 5.63. The van der Waals surface area contributed by atoms with Crippen LogP contribution in [0.25, 0.3) is 0 Å². The van der Waals surface area contributed by atoms with Gasteiger partial charge >= 0.3 is 0 Å². The second-order valence-electron chi connectivity index (χ2n) is 2.75. The van der Waals surface area contributed by atoms with Gasteiger partial charge in [-0.1, -0.05) is 0 Å². The van der Waals surface area contributed by atoms with E-state index in [2.05, 4.69) is 0 Å². The summed E-state index contributed by atoms with van der Waals surface area (Å²) in [5.41, 5.74) is 5.63. The average Bonchev–Trinajstić information content (AvgIpc) is 1.95. The number of hydrogen-bond donors (Lipinski definition) is 1. The van der Waals surface area contributed by atoms with Gasteiger partial charge in [-0.3, -0.25) is 0 Å². The van der Waals surface area contributed by atoms with E-state index < -0.39 is 0 Å². The van der Waals surface area contributed by atoms with Crippen molar-refractivity contribution in [3.8, 4) is 0 Å². The van der Waals surface area contributed by atoms with E-state index in [0.29, 0.717) is 13.2 Å². The smallest absolute Gasteiger partial charge is 0.0809 e. The zero-order chi connectivity index (χ0) is 7.40. The summed E-state index contributed by atoms with van der Waals surface area (Å²) < 4.78 is 10.3. The molecule has 0 amide bonds. The quantitative estimate of drug-likeness (QED) is 0.677. The fourth-order valence-electron chi connectivity index (χ4n) is 1.14. The van der Waals surface area contributed by atoms with Crippen molar-refractivity contribution in [3.05, 3.63) is 0 Å². The zero-order valence-corrected chi connectivity index (χ0v) is 7.60. The van der Waals surface area contributed by atoms with Crippen LogP contribution in [0.1, 0.15) is 12.8 Å². The van der Waals surface area contributed by atoms with Gasteiger partial charge in [0.15, 0.2) is 0 Å². The molecule has 1 rings (SSSR count). The summed E-state index contributed by atoms with van der Waals surface area (Å²) in [6, 6.07) is 0.244. The molecule has 0 aliphatic carbocycles. The highest BCUT2D eigenvalue weighted by atomic mass is 35.5. The monoisotopic (exact) mass is 181 g/mol. The molecule has 0 aromatic heterocycles. The van der Waals surface area contributed by atoms with Gasteiger partial charge in [0.05, 0.1) is 19.3 Å². The molecule has 0 saturated carbocycles. The van der Waals surface area contributed by atoms with Gasteiger partial charge in [0.2, 0.25) is 0 Å². The van der Waals surface area contributed by atoms with E-state index in [4.69, 9.17) is 15.2 Å². The molecule has 11 heavy (non-hydrogen) atoms. The van der Waals surface area contributed by atoms with E-state index in [1.165, 1.54) is 0 Å². The number of hydrogen-bond acceptors (Lipinski definition) is 3. The highest BCUT2D eigenvalue weighted by Gasteiger charge is 2.17. The Balaban J connectivity index is 0.000001000. The summed E-state index contributed by atoms with van der Waals surface area (Å²) in [5, 5.41) is 0. The summed E-state index contributed by atoms with van der Waals surface area (Å²) in [4.78, 5) is 0. The molecule has 2 N–H and O–H groups in total. The van der Waals surface area contributed by atoms with Gasteiger partial charge in [-0.05, 0) is 12.8 Å². The van der Waals surface area contributed by atoms with Crippen LogP contribution < -0.4 is 5.73 Å². The van der Waals surface area contributed by atoms with Crippen LogP contribution in [0.15, 0.2) is 0 Å². The molecule has 3 nitrogen and oxygen atoms in total. The maximum Gasteiger partial charge on any atom is 0.0809 e. The van der Waals surface area contributed by atoms with Crippen LogP contribution in [0, 0.1) is 0 Å². The van der Waals surface area contributed by atoms with Crippen molar-refractivity contribution >= 4 is 12.4 Å². The molecule has 1 aliphatic heterocycles. The maximum absolute atomic E-state index is 5.63. The molecule has 0 aromatic rings. The second kappa shape index (κ2) is 5.77. The molecule has 1 aliphatic rings. The third kappa shape index (κ3) is 3.91. The zero-order valence-electron chi connectivity index (χ0n) is 6.79. The second-order valence-corrected chi connectivity index (χ2v) is 2.75. The average molecular weight is 182 g/mol. The predicted molar refractivity (Wildman–Crippen MR) is 46.1 cm³/mol. The predicted octanol–water partition coefficient (Wildman–Crippen LogP) is 0.561. The van der Waals surface area contributed by atoms with Crippen molar-refractivity contribution in [3.63, 3.8) is 0 Å².